The predicted molar refractivity (Wildman–Crippen MR) is 91.0 cm³/mol. The van der Waals surface area contributed by atoms with Gasteiger partial charge in [-0.25, -0.2) is 8.42 Å². The van der Waals surface area contributed by atoms with Gasteiger partial charge < -0.3 is 5.32 Å². The lowest BCUT2D eigenvalue weighted by Crippen LogP contribution is -2.09. The van der Waals surface area contributed by atoms with Gasteiger partial charge in [0.2, 0.25) is 0 Å². The van der Waals surface area contributed by atoms with Crippen LogP contribution in [-0.2, 0) is 16.4 Å². The SMILES string of the molecule is CS(=O)(=O)c1ccc(-n2nnnc2CNc2cccc(Cl)c2)cc1. The van der Waals surface area contributed by atoms with E-state index in [1.54, 1.807) is 28.9 Å². The first-order valence-corrected chi connectivity index (χ1v) is 9.27. The third-order valence-corrected chi connectivity index (χ3v) is 4.68. The molecule has 1 N–H and O–H groups in total. The van der Waals surface area contributed by atoms with E-state index < -0.39 is 9.84 Å². The standard InChI is InChI=1S/C15H14ClN5O2S/c1-24(22,23)14-7-5-13(6-8-14)21-15(18-19-20-21)10-17-12-4-2-3-11(16)9-12/h2-9,17H,10H2,1H3. The number of hydrogen-bond acceptors (Lipinski definition) is 6. The number of benzene rings is 2. The maximum absolute atomic E-state index is 11.5. The minimum atomic E-state index is -3.23. The van der Waals surface area contributed by atoms with E-state index in [9.17, 15) is 8.42 Å². The molecule has 0 aliphatic carbocycles. The largest absolute Gasteiger partial charge is 0.378 e. The smallest absolute Gasteiger partial charge is 0.175 e. The molecule has 0 saturated carbocycles. The van der Waals surface area contributed by atoms with Crippen LogP contribution in [0.3, 0.4) is 0 Å². The summed E-state index contributed by atoms with van der Waals surface area (Å²) in [5.74, 6) is 0.585. The first kappa shape index (κ1) is 16.4. The molecule has 1 aromatic heterocycles. The average Bonchev–Trinajstić information content (AvgIpc) is 3.01. The van der Waals surface area contributed by atoms with Gasteiger partial charge in [-0.15, -0.1) is 5.10 Å². The van der Waals surface area contributed by atoms with Crippen LogP contribution in [0.2, 0.25) is 5.02 Å². The highest BCUT2D eigenvalue weighted by Crippen LogP contribution is 2.17. The lowest BCUT2D eigenvalue weighted by Gasteiger charge is -2.08. The van der Waals surface area contributed by atoms with Crippen LogP contribution in [0.4, 0.5) is 5.69 Å². The van der Waals surface area contributed by atoms with E-state index in [0.29, 0.717) is 23.1 Å². The van der Waals surface area contributed by atoms with Crippen molar-refractivity contribution in [2.24, 2.45) is 0 Å². The molecule has 2 aromatic carbocycles. The van der Waals surface area contributed by atoms with Crippen LogP contribution in [0.25, 0.3) is 5.69 Å². The van der Waals surface area contributed by atoms with Crippen molar-refractivity contribution in [3.05, 3.63) is 59.4 Å². The monoisotopic (exact) mass is 363 g/mol. The quantitative estimate of drug-likeness (QED) is 0.748. The Morgan fingerprint density at radius 1 is 1.17 bits per heavy atom. The van der Waals surface area contributed by atoms with Gasteiger partial charge in [0.25, 0.3) is 0 Å². The van der Waals surface area contributed by atoms with Crippen molar-refractivity contribution < 1.29 is 8.42 Å². The third-order valence-electron chi connectivity index (χ3n) is 3.32. The molecule has 0 bridgehead atoms. The van der Waals surface area contributed by atoms with Gasteiger partial charge in [0.05, 0.1) is 17.1 Å². The number of halogens is 1. The number of aromatic nitrogens is 4. The number of anilines is 1. The van der Waals surface area contributed by atoms with Crippen LogP contribution in [0.5, 0.6) is 0 Å². The van der Waals surface area contributed by atoms with Crippen molar-refractivity contribution in [2.75, 3.05) is 11.6 Å². The highest BCUT2D eigenvalue weighted by molar-refractivity contribution is 7.90. The number of tetrazole rings is 1. The molecule has 0 amide bonds. The molecule has 0 radical (unpaired) electrons. The normalized spacial score (nSPS) is 11.4. The van der Waals surface area contributed by atoms with Crippen LogP contribution in [0, 0.1) is 0 Å². The van der Waals surface area contributed by atoms with E-state index in [0.717, 1.165) is 5.69 Å². The molecule has 0 spiro atoms. The van der Waals surface area contributed by atoms with E-state index in [1.807, 2.05) is 12.1 Å². The van der Waals surface area contributed by atoms with Gasteiger partial charge in [-0.1, -0.05) is 17.7 Å². The molecular formula is C15H14ClN5O2S. The second kappa shape index (κ2) is 6.58. The van der Waals surface area contributed by atoms with Crippen LogP contribution in [0.15, 0.2) is 53.4 Å². The van der Waals surface area contributed by atoms with Crippen molar-refractivity contribution >= 4 is 27.1 Å². The van der Waals surface area contributed by atoms with Gasteiger partial charge in [0, 0.05) is 17.0 Å². The Morgan fingerprint density at radius 2 is 1.92 bits per heavy atom. The summed E-state index contributed by atoms with van der Waals surface area (Å²) in [5, 5.41) is 15.4. The van der Waals surface area contributed by atoms with Crippen molar-refractivity contribution in [2.45, 2.75) is 11.4 Å². The molecule has 0 fully saturated rings. The minimum absolute atomic E-state index is 0.248. The van der Waals surface area contributed by atoms with Crippen molar-refractivity contribution in [1.82, 2.24) is 20.2 Å². The summed E-state index contributed by atoms with van der Waals surface area (Å²) in [5.41, 5.74) is 1.53. The zero-order chi connectivity index (χ0) is 17.2. The van der Waals surface area contributed by atoms with Gasteiger partial charge in [-0.3, -0.25) is 0 Å². The first-order chi connectivity index (χ1) is 11.4. The third kappa shape index (κ3) is 3.72. The Balaban J connectivity index is 1.80. The lowest BCUT2D eigenvalue weighted by atomic mass is 10.3. The molecular weight excluding hydrogens is 350 g/mol. The molecule has 9 heteroatoms. The van der Waals surface area contributed by atoms with Crippen LogP contribution in [0.1, 0.15) is 5.82 Å². The number of sulfone groups is 1. The van der Waals surface area contributed by atoms with Gasteiger partial charge in [0.15, 0.2) is 15.7 Å². The van der Waals surface area contributed by atoms with Gasteiger partial charge in [0.1, 0.15) is 0 Å². The highest BCUT2D eigenvalue weighted by Gasteiger charge is 2.11. The van der Waals surface area contributed by atoms with E-state index >= 15 is 0 Å². The van der Waals surface area contributed by atoms with Crippen LogP contribution >= 0.6 is 11.6 Å². The summed E-state index contributed by atoms with van der Waals surface area (Å²) in [6, 6.07) is 13.7. The number of rotatable bonds is 5. The van der Waals surface area contributed by atoms with E-state index in [4.69, 9.17) is 11.6 Å². The Labute approximate surface area is 144 Å². The molecule has 3 aromatic rings. The molecule has 7 nitrogen and oxygen atoms in total. The molecule has 0 unspecified atom stereocenters. The van der Waals surface area contributed by atoms with Crippen molar-refractivity contribution in [3.8, 4) is 5.69 Å². The van der Waals surface area contributed by atoms with Gasteiger partial charge in [-0.05, 0) is 52.9 Å². The number of nitrogens with one attached hydrogen (secondary N) is 1. The molecule has 3 rings (SSSR count). The Hall–Kier alpha value is -2.45. The highest BCUT2D eigenvalue weighted by atomic mass is 35.5. The Bertz CT molecular complexity index is 954. The maximum atomic E-state index is 11.5. The number of nitrogens with zero attached hydrogens (tertiary/aromatic N) is 4. The first-order valence-electron chi connectivity index (χ1n) is 7.01. The Morgan fingerprint density at radius 3 is 2.58 bits per heavy atom. The fourth-order valence-electron chi connectivity index (χ4n) is 2.13. The second-order valence-electron chi connectivity index (χ2n) is 5.14. The summed E-state index contributed by atoms with van der Waals surface area (Å²) in [6.45, 7) is 0.390. The van der Waals surface area contributed by atoms with Crippen LogP contribution in [-0.4, -0.2) is 34.9 Å². The molecule has 0 saturated heterocycles. The summed E-state index contributed by atoms with van der Waals surface area (Å²) in [4.78, 5) is 0.248. The van der Waals surface area contributed by atoms with Gasteiger partial charge >= 0.3 is 0 Å². The summed E-state index contributed by atoms with van der Waals surface area (Å²) < 4.78 is 24.6. The van der Waals surface area contributed by atoms with E-state index in [1.165, 1.54) is 18.4 Å². The molecule has 24 heavy (non-hydrogen) atoms. The topological polar surface area (TPSA) is 89.8 Å². The fraction of sp³-hybridized carbons (Fsp3) is 0.133. The molecule has 0 aliphatic rings. The van der Waals surface area contributed by atoms with E-state index in [-0.39, 0.29) is 4.90 Å². The van der Waals surface area contributed by atoms with Gasteiger partial charge in [-0.2, -0.15) is 4.68 Å². The summed E-state index contributed by atoms with van der Waals surface area (Å²) in [7, 11) is -3.23. The predicted octanol–water partition coefficient (Wildman–Crippen LogP) is 2.33. The van der Waals surface area contributed by atoms with E-state index in [2.05, 4.69) is 20.8 Å². The summed E-state index contributed by atoms with van der Waals surface area (Å²) >= 11 is 5.95. The lowest BCUT2D eigenvalue weighted by molar-refractivity contribution is 0.602. The molecule has 124 valence electrons. The average molecular weight is 364 g/mol. The molecule has 0 atom stereocenters. The van der Waals surface area contributed by atoms with Crippen LogP contribution < -0.4 is 5.32 Å². The number of hydrogen-bond donors (Lipinski definition) is 1. The zero-order valence-corrected chi connectivity index (χ0v) is 14.3. The van der Waals surface area contributed by atoms with Crippen molar-refractivity contribution in [3.63, 3.8) is 0 Å². The van der Waals surface area contributed by atoms with Crippen molar-refractivity contribution in [1.29, 1.82) is 0 Å². The summed E-state index contributed by atoms with van der Waals surface area (Å²) in [6.07, 6.45) is 1.17. The fourth-order valence-corrected chi connectivity index (χ4v) is 2.95. The molecule has 1 heterocycles. The minimum Gasteiger partial charge on any atom is -0.378 e. The zero-order valence-electron chi connectivity index (χ0n) is 12.7. The second-order valence-corrected chi connectivity index (χ2v) is 7.59. The molecule has 0 aliphatic heterocycles. The maximum Gasteiger partial charge on any atom is 0.175 e. The Kier molecular flexibility index (Phi) is 4.50.